The van der Waals surface area contributed by atoms with Crippen LogP contribution in [-0.2, 0) is 10.2 Å². The first-order valence-corrected chi connectivity index (χ1v) is 10.1. The maximum atomic E-state index is 12.6. The van der Waals surface area contributed by atoms with Gasteiger partial charge < -0.3 is 4.90 Å². The minimum absolute atomic E-state index is 0.0643. The zero-order valence-electron chi connectivity index (χ0n) is 13.8. The molecule has 0 bridgehead atoms. The normalized spacial score (nSPS) is 25.5. The second kappa shape index (κ2) is 7.40. The average Bonchev–Trinajstić information content (AvgIpc) is 2.91. The number of hydrogen-bond acceptors (Lipinski definition) is 4. The minimum Gasteiger partial charge on any atom is -0.300 e. The Hall–Kier alpha value is -0.470. The van der Waals surface area contributed by atoms with Crippen LogP contribution in [0.15, 0.2) is 17.5 Å². The molecule has 0 aliphatic carbocycles. The lowest BCUT2D eigenvalue weighted by atomic mass is 9.94. The molecular weight excluding hydrogens is 318 g/mol. The molecule has 1 fully saturated rings. The summed E-state index contributed by atoms with van der Waals surface area (Å²) < 4.78 is 29.6. The van der Waals surface area contributed by atoms with Crippen LogP contribution in [0.25, 0.3) is 0 Å². The Morgan fingerprint density at radius 3 is 2.50 bits per heavy atom. The molecule has 2 heterocycles. The Labute approximate surface area is 138 Å². The van der Waals surface area contributed by atoms with Crippen molar-refractivity contribution in [2.24, 2.45) is 11.8 Å². The van der Waals surface area contributed by atoms with E-state index in [1.165, 1.54) is 4.88 Å². The third-order valence-electron chi connectivity index (χ3n) is 4.13. The summed E-state index contributed by atoms with van der Waals surface area (Å²) in [6, 6.07) is 4.11. The molecule has 1 saturated heterocycles. The molecule has 1 aromatic heterocycles. The first-order chi connectivity index (χ1) is 10.3. The van der Waals surface area contributed by atoms with Gasteiger partial charge in [0, 0.05) is 24.5 Å². The van der Waals surface area contributed by atoms with Crippen LogP contribution in [0.1, 0.15) is 31.2 Å². The van der Waals surface area contributed by atoms with Crippen molar-refractivity contribution in [2.75, 3.05) is 33.7 Å². The standard InChI is InChI=1S/C15H27N3O2S2/c1-12-8-13(2)11-18(10-12)22(19,20)16-9-14(17(3)4)15-6-5-7-21-15/h5-7,12-14,16H,8-11H2,1-4H3. The molecule has 0 aromatic carbocycles. The molecule has 0 saturated carbocycles. The number of nitrogens with zero attached hydrogens (tertiary/aromatic N) is 2. The quantitative estimate of drug-likeness (QED) is 0.860. The topological polar surface area (TPSA) is 52.7 Å². The molecule has 0 spiro atoms. The van der Waals surface area contributed by atoms with Crippen molar-refractivity contribution in [1.82, 2.24) is 13.9 Å². The number of nitrogens with one attached hydrogen (secondary N) is 1. The highest BCUT2D eigenvalue weighted by Crippen LogP contribution is 2.25. The van der Waals surface area contributed by atoms with Crippen molar-refractivity contribution in [3.05, 3.63) is 22.4 Å². The summed E-state index contributed by atoms with van der Waals surface area (Å²) in [6.45, 7) is 5.87. The molecule has 3 unspecified atom stereocenters. The molecule has 0 amide bonds. The van der Waals surface area contributed by atoms with Crippen LogP contribution in [0.3, 0.4) is 0 Å². The Morgan fingerprint density at radius 1 is 1.36 bits per heavy atom. The highest BCUT2D eigenvalue weighted by atomic mass is 32.2. The van der Waals surface area contributed by atoms with E-state index < -0.39 is 10.2 Å². The molecule has 1 N–H and O–H groups in total. The summed E-state index contributed by atoms with van der Waals surface area (Å²) in [5.74, 6) is 0.838. The molecule has 1 aliphatic rings. The van der Waals surface area contributed by atoms with Gasteiger partial charge in [0.2, 0.25) is 0 Å². The van der Waals surface area contributed by atoms with Gasteiger partial charge in [-0.2, -0.15) is 12.7 Å². The van der Waals surface area contributed by atoms with Crippen LogP contribution in [0, 0.1) is 11.8 Å². The predicted molar refractivity (Wildman–Crippen MR) is 92.2 cm³/mol. The van der Waals surface area contributed by atoms with Gasteiger partial charge in [-0.3, -0.25) is 0 Å². The Bertz CT molecular complexity index is 547. The van der Waals surface area contributed by atoms with E-state index in [-0.39, 0.29) is 6.04 Å². The fraction of sp³-hybridized carbons (Fsp3) is 0.733. The number of piperidine rings is 1. The molecular formula is C15H27N3O2S2. The van der Waals surface area contributed by atoms with E-state index in [2.05, 4.69) is 29.5 Å². The highest BCUT2D eigenvalue weighted by molar-refractivity contribution is 7.87. The van der Waals surface area contributed by atoms with Gasteiger partial charge in [-0.05, 0) is 43.8 Å². The van der Waals surface area contributed by atoms with E-state index in [0.717, 1.165) is 6.42 Å². The van der Waals surface area contributed by atoms with Gasteiger partial charge in [-0.25, -0.2) is 4.72 Å². The Balaban J connectivity index is 2.02. The van der Waals surface area contributed by atoms with Crippen molar-refractivity contribution in [2.45, 2.75) is 26.3 Å². The second-order valence-electron chi connectivity index (χ2n) is 6.61. The SMILES string of the molecule is CC1CC(C)CN(S(=O)(=O)NCC(c2cccs2)N(C)C)C1. The average molecular weight is 346 g/mol. The largest absolute Gasteiger partial charge is 0.300 e. The lowest BCUT2D eigenvalue weighted by Crippen LogP contribution is -2.49. The van der Waals surface area contributed by atoms with E-state index in [1.54, 1.807) is 15.6 Å². The molecule has 3 atom stereocenters. The van der Waals surface area contributed by atoms with Gasteiger partial charge in [0.25, 0.3) is 10.2 Å². The van der Waals surface area contributed by atoms with Gasteiger partial charge >= 0.3 is 0 Å². The van der Waals surface area contributed by atoms with Gasteiger partial charge in [0.1, 0.15) is 0 Å². The number of rotatable bonds is 6. The Kier molecular flexibility index (Phi) is 6.01. The monoisotopic (exact) mass is 345 g/mol. The zero-order chi connectivity index (χ0) is 16.3. The molecule has 5 nitrogen and oxygen atoms in total. The van der Waals surface area contributed by atoms with Crippen LogP contribution < -0.4 is 4.72 Å². The zero-order valence-corrected chi connectivity index (χ0v) is 15.5. The van der Waals surface area contributed by atoms with Crippen molar-refractivity contribution in [3.8, 4) is 0 Å². The first-order valence-electron chi connectivity index (χ1n) is 7.74. The fourth-order valence-electron chi connectivity index (χ4n) is 3.10. The maximum Gasteiger partial charge on any atom is 0.279 e. The van der Waals surface area contributed by atoms with E-state index in [4.69, 9.17) is 0 Å². The number of likely N-dealkylation sites (N-methyl/N-ethyl adjacent to an activating group) is 1. The molecule has 0 radical (unpaired) electrons. The molecule has 1 aliphatic heterocycles. The fourth-order valence-corrected chi connectivity index (χ4v) is 5.47. The highest BCUT2D eigenvalue weighted by Gasteiger charge is 2.31. The molecule has 2 rings (SSSR count). The lowest BCUT2D eigenvalue weighted by molar-refractivity contribution is 0.219. The minimum atomic E-state index is -3.41. The lowest BCUT2D eigenvalue weighted by Gasteiger charge is -2.34. The third kappa shape index (κ3) is 4.52. The second-order valence-corrected chi connectivity index (χ2v) is 9.35. The van der Waals surface area contributed by atoms with Gasteiger partial charge in [-0.15, -0.1) is 11.3 Å². The van der Waals surface area contributed by atoms with E-state index >= 15 is 0 Å². The van der Waals surface area contributed by atoms with E-state index in [9.17, 15) is 8.42 Å². The first kappa shape index (κ1) is 17.9. The Morgan fingerprint density at radius 2 is 2.00 bits per heavy atom. The van der Waals surface area contributed by atoms with E-state index in [1.807, 2.05) is 25.5 Å². The summed E-state index contributed by atoms with van der Waals surface area (Å²) >= 11 is 1.66. The van der Waals surface area contributed by atoms with Crippen LogP contribution in [0.4, 0.5) is 0 Å². The van der Waals surface area contributed by atoms with Crippen molar-refractivity contribution in [3.63, 3.8) is 0 Å². The van der Waals surface area contributed by atoms with Gasteiger partial charge in [-0.1, -0.05) is 19.9 Å². The van der Waals surface area contributed by atoms with Crippen molar-refractivity contribution < 1.29 is 8.42 Å². The summed E-state index contributed by atoms with van der Waals surface area (Å²) in [5, 5.41) is 2.02. The van der Waals surface area contributed by atoms with E-state index in [0.29, 0.717) is 31.5 Å². The van der Waals surface area contributed by atoms with Crippen LogP contribution >= 0.6 is 11.3 Å². The smallest absolute Gasteiger partial charge is 0.279 e. The summed E-state index contributed by atoms with van der Waals surface area (Å²) in [4.78, 5) is 3.23. The molecule has 126 valence electrons. The molecule has 22 heavy (non-hydrogen) atoms. The van der Waals surface area contributed by atoms with Crippen LogP contribution in [-0.4, -0.2) is 51.4 Å². The van der Waals surface area contributed by atoms with Gasteiger partial charge in [0.05, 0.1) is 6.04 Å². The predicted octanol–water partition coefficient (Wildman–Crippen LogP) is 2.16. The van der Waals surface area contributed by atoms with Gasteiger partial charge in [0.15, 0.2) is 0 Å². The van der Waals surface area contributed by atoms with Crippen LogP contribution in [0.5, 0.6) is 0 Å². The summed E-state index contributed by atoms with van der Waals surface area (Å²) in [6.07, 6.45) is 1.10. The third-order valence-corrected chi connectivity index (χ3v) is 6.61. The van der Waals surface area contributed by atoms with Crippen molar-refractivity contribution >= 4 is 21.5 Å². The summed E-state index contributed by atoms with van der Waals surface area (Å²) in [7, 11) is 0.544. The molecule has 7 heteroatoms. The number of thiophene rings is 1. The maximum absolute atomic E-state index is 12.6. The van der Waals surface area contributed by atoms with Crippen molar-refractivity contribution in [1.29, 1.82) is 0 Å². The number of hydrogen-bond donors (Lipinski definition) is 1. The van der Waals surface area contributed by atoms with Crippen LogP contribution in [0.2, 0.25) is 0 Å². The summed E-state index contributed by atoms with van der Waals surface area (Å²) in [5.41, 5.74) is 0. The molecule has 1 aromatic rings.